The molecular weight excluding hydrogens is 172 g/mol. The highest BCUT2D eigenvalue weighted by Crippen LogP contribution is 2.24. The SMILES string of the molecule is CCC(C)(C)Cn1ccnc1C(C)C. The average Bonchev–Trinajstić information content (AvgIpc) is 2.51. The van der Waals surface area contributed by atoms with Crippen LogP contribution in [0.5, 0.6) is 0 Å². The highest BCUT2D eigenvalue weighted by molar-refractivity contribution is 4.98. The Morgan fingerprint density at radius 2 is 2.07 bits per heavy atom. The number of imidazole rings is 1. The minimum Gasteiger partial charge on any atom is -0.334 e. The molecule has 0 saturated heterocycles. The van der Waals surface area contributed by atoms with Gasteiger partial charge in [0.15, 0.2) is 0 Å². The van der Waals surface area contributed by atoms with E-state index in [1.165, 1.54) is 12.2 Å². The quantitative estimate of drug-likeness (QED) is 0.718. The number of aromatic nitrogens is 2. The molecule has 0 fully saturated rings. The molecule has 1 heterocycles. The topological polar surface area (TPSA) is 17.8 Å². The van der Waals surface area contributed by atoms with Crippen LogP contribution in [0, 0.1) is 5.41 Å². The van der Waals surface area contributed by atoms with Gasteiger partial charge in [-0.1, -0.05) is 34.6 Å². The van der Waals surface area contributed by atoms with Crippen LogP contribution in [0.2, 0.25) is 0 Å². The molecule has 2 heteroatoms. The molecule has 0 spiro atoms. The largest absolute Gasteiger partial charge is 0.334 e. The molecule has 0 N–H and O–H groups in total. The lowest BCUT2D eigenvalue weighted by Crippen LogP contribution is -2.20. The Kier molecular flexibility index (Phi) is 3.35. The predicted molar refractivity (Wildman–Crippen MR) is 60.4 cm³/mol. The molecule has 1 aromatic heterocycles. The van der Waals surface area contributed by atoms with Gasteiger partial charge < -0.3 is 4.57 Å². The minimum atomic E-state index is 0.365. The lowest BCUT2D eigenvalue weighted by atomic mass is 9.90. The fourth-order valence-electron chi connectivity index (χ4n) is 1.53. The summed E-state index contributed by atoms with van der Waals surface area (Å²) in [7, 11) is 0. The van der Waals surface area contributed by atoms with Gasteiger partial charge in [-0.05, 0) is 11.8 Å². The van der Waals surface area contributed by atoms with Crippen LogP contribution < -0.4 is 0 Å². The second-order valence-electron chi connectivity index (χ2n) is 5.09. The molecule has 0 saturated carbocycles. The normalized spacial score (nSPS) is 12.4. The smallest absolute Gasteiger partial charge is 0.111 e. The Bertz CT molecular complexity index is 284. The maximum Gasteiger partial charge on any atom is 0.111 e. The zero-order valence-electron chi connectivity index (χ0n) is 10.0. The second kappa shape index (κ2) is 4.16. The van der Waals surface area contributed by atoms with Crippen LogP contribution in [-0.4, -0.2) is 9.55 Å². The summed E-state index contributed by atoms with van der Waals surface area (Å²) in [6.45, 7) is 12.3. The van der Waals surface area contributed by atoms with Gasteiger partial charge in [-0.2, -0.15) is 0 Å². The highest BCUT2D eigenvalue weighted by Gasteiger charge is 2.18. The van der Waals surface area contributed by atoms with Crippen molar-refractivity contribution in [2.24, 2.45) is 5.41 Å². The summed E-state index contributed by atoms with van der Waals surface area (Å²) in [4.78, 5) is 4.40. The van der Waals surface area contributed by atoms with Gasteiger partial charge in [0.1, 0.15) is 5.82 Å². The molecule has 1 rings (SSSR count). The maximum absolute atomic E-state index is 4.40. The van der Waals surface area contributed by atoms with E-state index < -0.39 is 0 Å². The molecule has 0 aliphatic rings. The monoisotopic (exact) mass is 194 g/mol. The molecule has 1 aromatic rings. The Labute approximate surface area is 87.4 Å². The van der Waals surface area contributed by atoms with Crippen molar-refractivity contribution in [1.29, 1.82) is 0 Å². The third kappa shape index (κ3) is 2.60. The van der Waals surface area contributed by atoms with Crippen molar-refractivity contribution in [2.75, 3.05) is 0 Å². The first-order valence-corrected chi connectivity index (χ1v) is 5.47. The molecule has 0 aliphatic carbocycles. The van der Waals surface area contributed by atoms with Gasteiger partial charge in [-0.15, -0.1) is 0 Å². The van der Waals surface area contributed by atoms with Crippen LogP contribution >= 0.6 is 0 Å². The van der Waals surface area contributed by atoms with Gasteiger partial charge in [0.2, 0.25) is 0 Å². The van der Waals surface area contributed by atoms with Crippen molar-refractivity contribution in [3.8, 4) is 0 Å². The van der Waals surface area contributed by atoms with Crippen molar-refractivity contribution < 1.29 is 0 Å². The molecule has 2 nitrogen and oxygen atoms in total. The average molecular weight is 194 g/mol. The number of hydrogen-bond acceptors (Lipinski definition) is 1. The fourth-order valence-corrected chi connectivity index (χ4v) is 1.53. The second-order valence-corrected chi connectivity index (χ2v) is 5.09. The molecule has 0 bridgehead atoms. The summed E-state index contributed by atoms with van der Waals surface area (Å²) in [6.07, 6.45) is 5.19. The van der Waals surface area contributed by atoms with Crippen LogP contribution in [0.3, 0.4) is 0 Å². The van der Waals surface area contributed by atoms with Crippen LogP contribution in [0.4, 0.5) is 0 Å². The number of nitrogens with zero attached hydrogens (tertiary/aromatic N) is 2. The summed E-state index contributed by atoms with van der Waals surface area (Å²) in [6, 6.07) is 0. The first-order valence-electron chi connectivity index (χ1n) is 5.47. The Balaban J connectivity index is 2.81. The van der Waals surface area contributed by atoms with Crippen LogP contribution in [0.25, 0.3) is 0 Å². The molecular formula is C12H22N2. The molecule has 0 amide bonds. The van der Waals surface area contributed by atoms with E-state index in [0.29, 0.717) is 11.3 Å². The fraction of sp³-hybridized carbons (Fsp3) is 0.750. The Morgan fingerprint density at radius 3 is 2.57 bits per heavy atom. The van der Waals surface area contributed by atoms with E-state index in [2.05, 4.69) is 50.4 Å². The Morgan fingerprint density at radius 1 is 1.43 bits per heavy atom. The van der Waals surface area contributed by atoms with Crippen LogP contribution in [0.1, 0.15) is 52.8 Å². The van der Waals surface area contributed by atoms with Gasteiger partial charge in [-0.3, -0.25) is 0 Å². The van der Waals surface area contributed by atoms with E-state index in [9.17, 15) is 0 Å². The van der Waals surface area contributed by atoms with E-state index in [-0.39, 0.29) is 0 Å². The van der Waals surface area contributed by atoms with Gasteiger partial charge in [-0.25, -0.2) is 4.98 Å². The number of hydrogen-bond donors (Lipinski definition) is 0. The molecule has 0 radical (unpaired) electrons. The molecule has 0 aliphatic heterocycles. The van der Waals surface area contributed by atoms with Crippen molar-refractivity contribution in [3.63, 3.8) is 0 Å². The highest BCUT2D eigenvalue weighted by atomic mass is 15.1. The van der Waals surface area contributed by atoms with E-state index in [1.807, 2.05) is 6.20 Å². The molecule has 80 valence electrons. The first-order chi connectivity index (χ1) is 6.46. The third-order valence-electron chi connectivity index (χ3n) is 2.82. The zero-order valence-corrected chi connectivity index (χ0v) is 10.0. The lowest BCUT2D eigenvalue weighted by Gasteiger charge is -2.24. The summed E-state index contributed by atoms with van der Waals surface area (Å²) >= 11 is 0. The molecule has 0 aromatic carbocycles. The molecule has 0 atom stereocenters. The standard InChI is InChI=1S/C12H22N2/c1-6-12(4,5)9-14-8-7-13-11(14)10(2)3/h7-8,10H,6,9H2,1-5H3. The van der Waals surface area contributed by atoms with Crippen molar-refractivity contribution in [2.45, 2.75) is 53.5 Å². The van der Waals surface area contributed by atoms with Gasteiger partial charge in [0.05, 0.1) is 0 Å². The van der Waals surface area contributed by atoms with E-state index in [4.69, 9.17) is 0 Å². The van der Waals surface area contributed by atoms with Crippen molar-refractivity contribution >= 4 is 0 Å². The van der Waals surface area contributed by atoms with Crippen LogP contribution in [-0.2, 0) is 6.54 Å². The van der Waals surface area contributed by atoms with E-state index >= 15 is 0 Å². The van der Waals surface area contributed by atoms with Crippen molar-refractivity contribution in [3.05, 3.63) is 18.2 Å². The van der Waals surface area contributed by atoms with Gasteiger partial charge in [0.25, 0.3) is 0 Å². The maximum atomic E-state index is 4.40. The van der Waals surface area contributed by atoms with E-state index in [1.54, 1.807) is 0 Å². The Hall–Kier alpha value is -0.790. The lowest BCUT2D eigenvalue weighted by molar-refractivity contribution is 0.289. The van der Waals surface area contributed by atoms with Gasteiger partial charge >= 0.3 is 0 Å². The van der Waals surface area contributed by atoms with Gasteiger partial charge in [0, 0.05) is 24.9 Å². The van der Waals surface area contributed by atoms with Crippen LogP contribution in [0.15, 0.2) is 12.4 Å². The number of rotatable bonds is 4. The van der Waals surface area contributed by atoms with Crippen molar-refractivity contribution in [1.82, 2.24) is 9.55 Å². The molecule has 0 unspecified atom stereocenters. The zero-order chi connectivity index (χ0) is 10.8. The summed E-state index contributed by atoms with van der Waals surface area (Å²) in [5, 5.41) is 0. The predicted octanol–water partition coefficient (Wildman–Crippen LogP) is 3.44. The molecule has 14 heavy (non-hydrogen) atoms. The van der Waals surface area contributed by atoms with E-state index in [0.717, 1.165) is 6.54 Å². The first kappa shape index (κ1) is 11.3. The summed E-state index contributed by atoms with van der Waals surface area (Å²) < 4.78 is 2.29. The summed E-state index contributed by atoms with van der Waals surface area (Å²) in [5.74, 6) is 1.71. The summed E-state index contributed by atoms with van der Waals surface area (Å²) in [5.41, 5.74) is 0.365. The third-order valence-corrected chi connectivity index (χ3v) is 2.82. The minimum absolute atomic E-state index is 0.365.